The lowest BCUT2D eigenvalue weighted by atomic mass is 9.82. The zero-order valence-electron chi connectivity index (χ0n) is 32.5. The van der Waals surface area contributed by atoms with Crippen molar-refractivity contribution in [1.82, 2.24) is 9.97 Å². The van der Waals surface area contributed by atoms with Crippen LogP contribution in [-0.4, -0.2) is 9.97 Å². The lowest BCUT2D eigenvalue weighted by molar-refractivity contribution is 1.25. The maximum atomic E-state index is 5.14. The summed E-state index contributed by atoms with van der Waals surface area (Å²) >= 11 is 0. The van der Waals surface area contributed by atoms with Crippen LogP contribution >= 0.6 is 0 Å². The van der Waals surface area contributed by atoms with E-state index in [1.54, 1.807) is 0 Å². The minimum Gasteiger partial charge on any atom is -0.255 e. The van der Waals surface area contributed by atoms with Gasteiger partial charge < -0.3 is 0 Å². The summed E-state index contributed by atoms with van der Waals surface area (Å²) in [6, 6.07) is 73.2. The summed E-state index contributed by atoms with van der Waals surface area (Å²) in [5.41, 5.74) is 16.6. The zero-order chi connectivity index (χ0) is 39.3. The third-order valence-electron chi connectivity index (χ3n) is 12.8. The van der Waals surface area contributed by atoms with Crippen LogP contribution in [0.5, 0.6) is 0 Å². The van der Waals surface area contributed by atoms with Crippen molar-refractivity contribution in [1.29, 1.82) is 0 Å². The Balaban J connectivity index is 1.06. The molecule has 0 aliphatic heterocycles. The molecule has 2 nitrogen and oxygen atoms in total. The smallest absolute Gasteiger partial charge is 0.0893 e. The van der Waals surface area contributed by atoms with Crippen LogP contribution in [0.2, 0.25) is 0 Å². The molecule has 2 heteroatoms. The highest BCUT2D eigenvalue weighted by molar-refractivity contribution is 6.31. The van der Waals surface area contributed by atoms with Gasteiger partial charge in [0.05, 0.1) is 17.1 Å². The van der Waals surface area contributed by atoms with E-state index in [-0.39, 0.29) is 0 Å². The molecule has 0 amide bonds. The first-order chi connectivity index (χ1) is 29.8. The first-order valence-corrected chi connectivity index (χ1v) is 20.7. The van der Waals surface area contributed by atoms with E-state index in [0.717, 1.165) is 22.6 Å². The van der Waals surface area contributed by atoms with Gasteiger partial charge in [-0.1, -0.05) is 176 Å². The molecule has 0 bridgehead atoms. The summed E-state index contributed by atoms with van der Waals surface area (Å²) in [5, 5.41) is 12.6. The van der Waals surface area contributed by atoms with E-state index < -0.39 is 0 Å². The largest absolute Gasteiger partial charge is 0.255 e. The molecule has 1 aliphatic carbocycles. The van der Waals surface area contributed by atoms with Crippen molar-refractivity contribution in [2.45, 2.75) is 0 Å². The van der Waals surface area contributed by atoms with Gasteiger partial charge in [-0.05, 0) is 134 Å². The first kappa shape index (κ1) is 33.1. The molecule has 12 aromatic rings. The van der Waals surface area contributed by atoms with Gasteiger partial charge >= 0.3 is 0 Å². The van der Waals surface area contributed by atoms with Gasteiger partial charge in [0.15, 0.2) is 0 Å². The topological polar surface area (TPSA) is 25.8 Å². The molecular weight excluding hydrogens is 725 g/mol. The van der Waals surface area contributed by atoms with E-state index in [9.17, 15) is 0 Å². The molecule has 2 aromatic heterocycles. The maximum Gasteiger partial charge on any atom is 0.0893 e. The Kier molecular flexibility index (Phi) is 7.05. The van der Waals surface area contributed by atoms with Crippen LogP contribution in [0.4, 0.5) is 0 Å². The van der Waals surface area contributed by atoms with E-state index in [1.807, 2.05) is 30.5 Å². The van der Waals surface area contributed by atoms with Gasteiger partial charge in [0.2, 0.25) is 0 Å². The Morgan fingerprint density at radius 2 is 0.717 bits per heavy atom. The Bertz CT molecular complexity index is 3590. The van der Waals surface area contributed by atoms with Crippen LogP contribution < -0.4 is 0 Å². The number of pyridine rings is 2. The number of fused-ring (bicyclic) bond motifs is 4. The van der Waals surface area contributed by atoms with Crippen LogP contribution in [0.15, 0.2) is 206 Å². The standard InChI is InChI=1S/C58H34N2/c1-3-13-35(14-4-1)54-43-17-7-8-18-44(43)55(36-15-5-2-6-16-36)58-48-33-32-40(42-19-11-20-47(56(42)48)57(54)58)39-28-24-37-27-31-46-41(29-25-38-26-30-45(39)52(37)53(38)46)49-22-12-23-51(60-49)50-21-9-10-34-59-50/h1-34H. The van der Waals surface area contributed by atoms with Crippen molar-refractivity contribution in [2.24, 2.45) is 0 Å². The number of nitrogens with zero attached hydrogens (tertiary/aromatic N) is 2. The number of hydrogen-bond donors (Lipinski definition) is 0. The molecule has 13 rings (SSSR count). The van der Waals surface area contributed by atoms with Crippen molar-refractivity contribution in [3.8, 4) is 78.3 Å². The second kappa shape index (κ2) is 12.8. The highest BCUT2D eigenvalue weighted by Gasteiger charge is 2.31. The van der Waals surface area contributed by atoms with E-state index in [0.29, 0.717) is 0 Å². The fraction of sp³-hybridized carbons (Fsp3) is 0. The van der Waals surface area contributed by atoms with Crippen molar-refractivity contribution in [3.63, 3.8) is 0 Å². The Hall–Kier alpha value is -7.94. The number of aromatic nitrogens is 2. The maximum absolute atomic E-state index is 5.14. The minimum absolute atomic E-state index is 0.871. The molecule has 0 saturated carbocycles. The van der Waals surface area contributed by atoms with Crippen LogP contribution in [-0.2, 0) is 0 Å². The minimum atomic E-state index is 0.871. The molecule has 0 radical (unpaired) electrons. The molecule has 0 spiro atoms. The van der Waals surface area contributed by atoms with Gasteiger partial charge in [0, 0.05) is 11.8 Å². The summed E-state index contributed by atoms with van der Waals surface area (Å²) in [7, 11) is 0. The fourth-order valence-electron chi connectivity index (χ4n) is 10.3. The number of benzene rings is 10. The lowest BCUT2D eigenvalue weighted by Crippen LogP contribution is -1.93. The summed E-state index contributed by atoms with van der Waals surface area (Å²) in [6.45, 7) is 0. The molecule has 0 unspecified atom stereocenters. The number of rotatable bonds is 5. The van der Waals surface area contributed by atoms with Crippen molar-refractivity contribution >= 4 is 53.9 Å². The van der Waals surface area contributed by atoms with E-state index in [2.05, 4.69) is 181 Å². The molecule has 0 atom stereocenters. The summed E-state index contributed by atoms with van der Waals surface area (Å²) in [6.07, 6.45) is 1.82. The fourth-order valence-corrected chi connectivity index (χ4v) is 10.3. The summed E-state index contributed by atoms with van der Waals surface area (Å²) < 4.78 is 0. The molecule has 2 heterocycles. The summed E-state index contributed by atoms with van der Waals surface area (Å²) in [4.78, 5) is 9.73. The molecule has 276 valence electrons. The quantitative estimate of drug-likeness (QED) is 0.163. The van der Waals surface area contributed by atoms with Gasteiger partial charge in [0.25, 0.3) is 0 Å². The average molecular weight is 759 g/mol. The Labute approximate surface area is 347 Å². The Morgan fingerprint density at radius 3 is 1.37 bits per heavy atom. The second-order valence-corrected chi connectivity index (χ2v) is 15.9. The normalized spacial score (nSPS) is 12.0. The van der Waals surface area contributed by atoms with Crippen molar-refractivity contribution in [3.05, 3.63) is 206 Å². The SMILES string of the molecule is c1ccc(-c2c3c(c(-c4ccccc4)c4ccccc24)-c2ccc(-c4ccc5ccc6c(-c7cccc(-c8ccccn8)n7)ccc7ccc4c5c76)c4cccc-3c24)cc1. The second-order valence-electron chi connectivity index (χ2n) is 15.9. The monoisotopic (exact) mass is 758 g/mol. The van der Waals surface area contributed by atoms with E-state index in [4.69, 9.17) is 4.98 Å². The van der Waals surface area contributed by atoms with Gasteiger partial charge in [-0.2, -0.15) is 0 Å². The first-order valence-electron chi connectivity index (χ1n) is 20.7. The highest BCUT2D eigenvalue weighted by atomic mass is 14.8. The molecule has 1 aliphatic rings. The molecule has 60 heavy (non-hydrogen) atoms. The van der Waals surface area contributed by atoms with Crippen LogP contribution in [0.25, 0.3) is 132 Å². The molecule has 10 aromatic carbocycles. The predicted molar refractivity (Wildman–Crippen MR) is 252 cm³/mol. The van der Waals surface area contributed by atoms with Gasteiger partial charge in [-0.25, -0.2) is 4.98 Å². The zero-order valence-corrected chi connectivity index (χ0v) is 32.5. The third-order valence-corrected chi connectivity index (χ3v) is 12.8. The number of hydrogen-bond acceptors (Lipinski definition) is 2. The molecular formula is C58H34N2. The van der Waals surface area contributed by atoms with E-state index >= 15 is 0 Å². The van der Waals surface area contributed by atoms with E-state index in [1.165, 1.54) is 109 Å². The average Bonchev–Trinajstić information content (AvgIpc) is 3.65. The molecule has 0 saturated heterocycles. The Morgan fingerprint density at radius 1 is 0.250 bits per heavy atom. The van der Waals surface area contributed by atoms with Gasteiger partial charge in [-0.3, -0.25) is 4.98 Å². The summed E-state index contributed by atoms with van der Waals surface area (Å²) in [5.74, 6) is 0. The van der Waals surface area contributed by atoms with Gasteiger partial charge in [-0.15, -0.1) is 0 Å². The highest BCUT2D eigenvalue weighted by Crippen LogP contribution is 2.59. The third kappa shape index (κ3) is 4.70. The predicted octanol–water partition coefficient (Wildman–Crippen LogP) is 15.7. The van der Waals surface area contributed by atoms with Crippen LogP contribution in [0, 0.1) is 0 Å². The van der Waals surface area contributed by atoms with Crippen LogP contribution in [0.1, 0.15) is 0 Å². The van der Waals surface area contributed by atoms with Crippen molar-refractivity contribution in [2.75, 3.05) is 0 Å². The van der Waals surface area contributed by atoms with Crippen molar-refractivity contribution < 1.29 is 0 Å². The molecule has 0 N–H and O–H groups in total. The lowest BCUT2D eigenvalue weighted by Gasteiger charge is -2.20. The van der Waals surface area contributed by atoms with Gasteiger partial charge in [0.1, 0.15) is 0 Å². The van der Waals surface area contributed by atoms with Crippen LogP contribution in [0.3, 0.4) is 0 Å². The molecule has 0 fully saturated rings.